The van der Waals surface area contributed by atoms with E-state index in [1.165, 1.54) is 0 Å². The molecule has 0 aliphatic heterocycles. The summed E-state index contributed by atoms with van der Waals surface area (Å²) in [5, 5.41) is 8.80. The fourth-order valence-electron chi connectivity index (χ4n) is 0.862. The molecule has 1 atom stereocenters. The minimum Gasteiger partial charge on any atom is -0.481 e. The summed E-state index contributed by atoms with van der Waals surface area (Å²) >= 11 is 0. The summed E-state index contributed by atoms with van der Waals surface area (Å²) in [6, 6.07) is 0. The Morgan fingerprint density at radius 2 is 2.00 bits per heavy atom. The fraction of sp³-hybridized carbons (Fsp3) is 0.625. The molecule has 0 heterocycles. The van der Waals surface area contributed by atoms with Crippen LogP contribution in [0.2, 0.25) is 0 Å². The van der Waals surface area contributed by atoms with Crippen molar-refractivity contribution in [2.24, 2.45) is 0 Å². The van der Waals surface area contributed by atoms with Gasteiger partial charge in [0.15, 0.2) is 5.66 Å². The molecule has 0 saturated heterocycles. The molecule has 0 rings (SSSR count). The third-order valence-corrected chi connectivity index (χ3v) is 3.83. The van der Waals surface area contributed by atoms with E-state index in [0.717, 1.165) is 14.2 Å². The largest absolute Gasteiger partial charge is 0.481 e. The van der Waals surface area contributed by atoms with Crippen LogP contribution in [0, 0.1) is 11.8 Å². The van der Waals surface area contributed by atoms with E-state index in [1.54, 1.807) is 6.92 Å². The van der Waals surface area contributed by atoms with Gasteiger partial charge in [0.1, 0.15) is 0 Å². The van der Waals surface area contributed by atoms with Crippen molar-refractivity contribution < 1.29 is 23.5 Å². The summed E-state index contributed by atoms with van der Waals surface area (Å²) < 4.78 is 20.9. The third-order valence-electron chi connectivity index (χ3n) is 1.65. The van der Waals surface area contributed by atoms with E-state index in [4.69, 9.17) is 5.11 Å². The van der Waals surface area contributed by atoms with E-state index in [-0.39, 0.29) is 6.42 Å². The Morgan fingerprint density at radius 3 is 2.29 bits per heavy atom. The molecule has 6 heteroatoms. The number of carboxylic acid groups (broad SMARTS) is 1. The minimum absolute atomic E-state index is 0.0508. The molecular weight excluding hydrogens is 207 g/mol. The van der Waals surface area contributed by atoms with Gasteiger partial charge in [-0.2, -0.15) is 0 Å². The van der Waals surface area contributed by atoms with Crippen LogP contribution in [0.25, 0.3) is 0 Å². The Hall–Kier alpha value is -0.820. The van der Waals surface area contributed by atoms with Crippen LogP contribution < -0.4 is 0 Å². The summed E-state index contributed by atoms with van der Waals surface area (Å²) in [4.78, 5) is 10.8. The molecule has 0 radical (unpaired) electrons. The molecule has 1 unspecified atom stereocenters. The summed E-state index contributed by atoms with van der Waals surface area (Å²) in [7, 11) is -1.27. The first-order valence-electron chi connectivity index (χ1n) is 3.85. The van der Waals surface area contributed by atoms with Gasteiger partial charge >= 0.3 is 13.6 Å². The third kappa shape index (κ3) is 3.15. The standard InChI is InChI=1S/C8H13O5P/c1-4-5-6-7(8(9)10)14(11,12-2)13-3/h7H,6H2,1-3H3,(H,9,10). The van der Waals surface area contributed by atoms with Crippen molar-refractivity contribution in [3.63, 3.8) is 0 Å². The number of aliphatic carboxylic acids is 1. The van der Waals surface area contributed by atoms with Gasteiger partial charge in [-0.05, 0) is 6.92 Å². The highest BCUT2D eigenvalue weighted by molar-refractivity contribution is 7.55. The predicted molar refractivity (Wildman–Crippen MR) is 51.1 cm³/mol. The monoisotopic (exact) mass is 220 g/mol. The summed E-state index contributed by atoms with van der Waals surface area (Å²) in [6.07, 6.45) is -0.0508. The minimum atomic E-state index is -3.58. The van der Waals surface area contributed by atoms with Crippen molar-refractivity contribution in [2.75, 3.05) is 14.2 Å². The van der Waals surface area contributed by atoms with Crippen LogP contribution >= 0.6 is 7.60 Å². The van der Waals surface area contributed by atoms with Gasteiger partial charge in [0, 0.05) is 20.6 Å². The molecule has 0 aliphatic rings. The lowest BCUT2D eigenvalue weighted by Crippen LogP contribution is -2.21. The second kappa shape index (κ2) is 5.82. The Morgan fingerprint density at radius 1 is 1.50 bits per heavy atom. The van der Waals surface area contributed by atoms with Gasteiger partial charge in [0.05, 0.1) is 0 Å². The Kier molecular flexibility index (Phi) is 5.47. The molecule has 0 aromatic rings. The highest BCUT2D eigenvalue weighted by Crippen LogP contribution is 2.52. The molecule has 14 heavy (non-hydrogen) atoms. The van der Waals surface area contributed by atoms with E-state index in [2.05, 4.69) is 20.9 Å². The van der Waals surface area contributed by atoms with Crippen LogP contribution in [0.3, 0.4) is 0 Å². The normalized spacial score (nSPS) is 12.8. The lowest BCUT2D eigenvalue weighted by Gasteiger charge is -2.18. The van der Waals surface area contributed by atoms with Gasteiger partial charge in [-0.3, -0.25) is 9.36 Å². The Bertz CT molecular complexity index is 293. The van der Waals surface area contributed by atoms with Crippen molar-refractivity contribution in [2.45, 2.75) is 19.0 Å². The van der Waals surface area contributed by atoms with Gasteiger partial charge in [0.2, 0.25) is 0 Å². The van der Waals surface area contributed by atoms with Gasteiger partial charge in [-0.1, -0.05) is 0 Å². The lowest BCUT2D eigenvalue weighted by molar-refractivity contribution is -0.136. The molecule has 0 amide bonds. The first-order chi connectivity index (χ1) is 6.51. The number of carbonyl (C=O) groups is 1. The number of carboxylic acids is 1. The van der Waals surface area contributed by atoms with Crippen molar-refractivity contribution in [1.29, 1.82) is 0 Å². The average Bonchev–Trinajstić information content (AvgIpc) is 2.17. The van der Waals surface area contributed by atoms with Crippen molar-refractivity contribution in [1.82, 2.24) is 0 Å². The maximum absolute atomic E-state index is 11.7. The van der Waals surface area contributed by atoms with Crippen LogP contribution in [-0.4, -0.2) is 31.0 Å². The van der Waals surface area contributed by atoms with Crippen LogP contribution in [0.15, 0.2) is 0 Å². The molecule has 0 aliphatic carbocycles. The zero-order valence-corrected chi connectivity index (χ0v) is 9.21. The fourth-order valence-corrected chi connectivity index (χ4v) is 2.11. The zero-order chi connectivity index (χ0) is 11.2. The van der Waals surface area contributed by atoms with E-state index in [9.17, 15) is 9.36 Å². The van der Waals surface area contributed by atoms with Gasteiger partial charge in [-0.15, -0.1) is 11.8 Å². The quantitative estimate of drug-likeness (QED) is 0.559. The molecule has 5 nitrogen and oxygen atoms in total. The molecule has 0 saturated carbocycles. The molecule has 1 N–H and O–H groups in total. The van der Waals surface area contributed by atoms with E-state index >= 15 is 0 Å². The van der Waals surface area contributed by atoms with Crippen molar-refractivity contribution in [3.8, 4) is 11.8 Å². The highest BCUT2D eigenvalue weighted by atomic mass is 31.2. The van der Waals surface area contributed by atoms with Gasteiger partial charge in [-0.25, -0.2) is 0 Å². The maximum atomic E-state index is 11.7. The van der Waals surface area contributed by atoms with Crippen molar-refractivity contribution in [3.05, 3.63) is 0 Å². The molecule has 80 valence electrons. The van der Waals surface area contributed by atoms with Gasteiger partial charge in [0.25, 0.3) is 0 Å². The van der Waals surface area contributed by atoms with Gasteiger partial charge < -0.3 is 14.2 Å². The molecular formula is C8H13O5P. The molecule has 0 fully saturated rings. The summed E-state index contributed by atoms with van der Waals surface area (Å²) in [5.74, 6) is 3.83. The topological polar surface area (TPSA) is 72.8 Å². The lowest BCUT2D eigenvalue weighted by atomic mass is 10.3. The zero-order valence-electron chi connectivity index (χ0n) is 8.31. The van der Waals surface area contributed by atoms with Crippen LogP contribution in [0.5, 0.6) is 0 Å². The molecule has 0 aromatic carbocycles. The highest BCUT2D eigenvalue weighted by Gasteiger charge is 2.39. The molecule has 0 bridgehead atoms. The van der Waals surface area contributed by atoms with Crippen molar-refractivity contribution >= 4 is 13.6 Å². The average molecular weight is 220 g/mol. The maximum Gasteiger partial charge on any atom is 0.345 e. The van der Waals surface area contributed by atoms with Crippen LogP contribution in [0.1, 0.15) is 13.3 Å². The summed E-state index contributed by atoms with van der Waals surface area (Å²) in [6.45, 7) is 1.57. The number of rotatable bonds is 5. The number of hydrogen-bond donors (Lipinski definition) is 1. The Balaban J connectivity index is 4.85. The summed E-state index contributed by atoms with van der Waals surface area (Å²) in [5.41, 5.74) is -1.23. The second-order valence-corrected chi connectivity index (χ2v) is 4.82. The van der Waals surface area contributed by atoms with E-state index in [1.807, 2.05) is 0 Å². The first-order valence-corrected chi connectivity index (χ1v) is 5.46. The Labute approximate surface area is 82.9 Å². The predicted octanol–water partition coefficient (Wildman–Crippen LogP) is 1.34. The van der Waals surface area contributed by atoms with Crippen LogP contribution in [0.4, 0.5) is 0 Å². The molecule has 0 aromatic heterocycles. The second-order valence-electron chi connectivity index (χ2n) is 2.39. The first kappa shape index (κ1) is 13.2. The smallest absolute Gasteiger partial charge is 0.345 e. The van der Waals surface area contributed by atoms with E-state index < -0.39 is 19.2 Å². The van der Waals surface area contributed by atoms with E-state index in [0.29, 0.717) is 0 Å². The number of hydrogen-bond acceptors (Lipinski definition) is 4. The SMILES string of the molecule is CC#CCC(C(=O)O)P(=O)(OC)OC. The van der Waals surface area contributed by atoms with Crippen LogP contribution in [-0.2, 0) is 18.4 Å². The molecule has 0 spiro atoms.